The molecule has 0 fully saturated rings. The molecule has 0 saturated heterocycles. The Morgan fingerprint density at radius 3 is 2.11 bits per heavy atom. The minimum Gasteiger partial charge on any atom is -0.479 e. The number of fused-ring (bicyclic) bond motifs is 1. The van der Waals surface area contributed by atoms with Crippen LogP contribution in [0.15, 0.2) is 60.3 Å². The van der Waals surface area contributed by atoms with E-state index in [1.807, 2.05) is 75.4 Å². The molecule has 146 valence electrons. The first kappa shape index (κ1) is 19.7. The van der Waals surface area contributed by atoms with Gasteiger partial charge in [0.05, 0.1) is 5.69 Å². The lowest BCUT2D eigenvalue weighted by Gasteiger charge is -2.49. The number of benzene rings is 2. The van der Waals surface area contributed by atoms with E-state index in [4.69, 9.17) is 0 Å². The van der Waals surface area contributed by atoms with Gasteiger partial charge in [0.1, 0.15) is 0 Å². The first-order chi connectivity index (χ1) is 13.2. The molecule has 28 heavy (non-hydrogen) atoms. The summed E-state index contributed by atoms with van der Waals surface area (Å²) in [4.78, 5) is 25.4. The van der Waals surface area contributed by atoms with Crippen molar-refractivity contribution < 1.29 is 14.7 Å². The van der Waals surface area contributed by atoms with Crippen molar-refractivity contribution in [2.45, 2.75) is 40.2 Å². The van der Waals surface area contributed by atoms with Gasteiger partial charge in [0.25, 0.3) is 0 Å². The number of hydrogen-bond donors (Lipinski definition) is 1. The Kier molecular flexibility index (Phi) is 5.02. The van der Waals surface area contributed by atoms with Crippen LogP contribution in [-0.4, -0.2) is 27.5 Å². The molecule has 0 radical (unpaired) electrons. The molecule has 0 unspecified atom stereocenters. The van der Waals surface area contributed by atoms with Gasteiger partial charge in [-0.15, -0.1) is 0 Å². The highest BCUT2D eigenvalue weighted by Crippen LogP contribution is 2.44. The van der Waals surface area contributed by atoms with Crippen LogP contribution in [0, 0.1) is 5.92 Å². The minimum atomic E-state index is -1.32. The molecule has 0 bridgehead atoms. The van der Waals surface area contributed by atoms with Gasteiger partial charge in [-0.1, -0.05) is 62.4 Å². The highest BCUT2D eigenvalue weighted by atomic mass is 16.4. The predicted molar refractivity (Wildman–Crippen MR) is 110 cm³/mol. The quantitative estimate of drug-likeness (QED) is 0.848. The molecule has 0 aliphatic carbocycles. The molecule has 2 aromatic rings. The third kappa shape index (κ3) is 3.07. The second-order valence-corrected chi connectivity index (χ2v) is 7.82. The molecule has 1 aliphatic heterocycles. The highest BCUT2D eigenvalue weighted by molar-refractivity contribution is 5.97. The number of hydrazine groups is 1. The number of anilines is 1. The number of allylic oxidation sites excluding steroid dienone is 1. The largest absolute Gasteiger partial charge is 0.479 e. The molecule has 5 heteroatoms. The zero-order valence-electron chi connectivity index (χ0n) is 16.9. The zero-order chi connectivity index (χ0) is 20.6. The smallest absolute Gasteiger partial charge is 0.331 e. The number of nitrogens with zero attached hydrogens (tertiary/aromatic N) is 2. The van der Waals surface area contributed by atoms with Crippen LogP contribution in [0.1, 0.15) is 45.7 Å². The van der Waals surface area contributed by atoms with Crippen molar-refractivity contribution in [3.8, 4) is 0 Å². The zero-order valence-corrected chi connectivity index (χ0v) is 16.9. The van der Waals surface area contributed by atoms with Gasteiger partial charge < -0.3 is 5.11 Å². The van der Waals surface area contributed by atoms with Crippen molar-refractivity contribution in [3.63, 3.8) is 0 Å². The van der Waals surface area contributed by atoms with E-state index in [9.17, 15) is 14.7 Å². The lowest BCUT2D eigenvalue weighted by Crippen LogP contribution is -2.62. The Bertz CT molecular complexity index is 945. The van der Waals surface area contributed by atoms with Crippen molar-refractivity contribution in [1.29, 1.82) is 0 Å². The fourth-order valence-corrected chi connectivity index (χ4v) is 3.55. The first-order valence-corrected chi connectivity index (χ1v) is 9.41. The SMILES string of the molecule is CC1=C(c2ccccc2)c2ccccc2N(C(C)(C)C(=O)O)N1C(=O)C(C)C. The van der Waals surface area contributed by atoms with Crippen LogP contribution < -0.4 is 5.01 Å². The van der Waals surface area contributed by atoms with Crippen LogP contribution in [0.5, 0.6) is 0 Å². The second kappa shape index (κ2) is 7.15. The van der Waals surface area contributed by atoms with Gasteiger partial charge in [-0.3, -0.25) is 9.80 Å². The Morgan fingerprint density at radius 1 is 0.964 bits per heavy atom. The highest BCUT2D eigenvalue weighted by Gasteiger charge is 2.45. The normalized spacial score (nSPS) is 14.4. The van der Waals surface area contributed by atoms with Crippen molar-refractivity contribution >= 4 is 23.1 Å². The number of hydrogen-bond acceptors (Lipinski definition) is 3. The van der Waals surface area contributed by atoms with Crippen molar-refractivity contribution in [3.05, 3.63) is 71.4 Å². The van der Waals surface area contributed by atoms with Gasteiger partial charge in [-0.2, -0.15) is 0 Å². The van der Waals surface area contributed by atoms with E-state index in [0.717, 1.165) is 22.4 Å². The Morgan fingerprint density at radius 2 is 1.54 bits per heavy atom. The number of amides is 1. The van der Waals surface area contributed by atoms with E-state index in [0.29, 0.717) is 5.69 Å². The van der Waals surface area contributed by atoms with Crippen molar-refractivity contribution in [2.24, 2.45) is 5.92 Å². The van der Waals surface area contributed by atoms with E-state index in [1.54, 1.807) is 23.9 Å². The average Bonchev–Trinajstić information content (AvgIpc) is 2.66. The summed E-state index contributed by atoms with van der Waals surface area (Å²) in [6, 6.07) is 17.5. The van der Waals surface area contributed by atoms with Gasteiger partial charge >= 0.3 is 5.97 Å². The van der Waals surface area contributed by atoms with Gasteiger partial charge in [0, 0.05) is 22.8 Å². The standard InChI is InChI=1S/C23H26N2O3/c1-15(2)21(26)24-16(3)20(17-11-7-6-8-12-17)18-13-9-10-14-19(18)25(24)23(4,5)22(27)28/h6-15H,1-5H3,(H,27,28). The molecule has 1 amide bonds. The summed E-state index contributed by atoms with van der Waals surface area (Å²) in [6.45, 7) is 8.76. The number of carbonyl (C=O) groups excluding carboxylic acids is 1. The maximum absolute atomic E-state index is 13.2. The molecule has 1 heterocycles. The Balaban J connectivity index is 2.36. The van der Waals surface area contributed by atoms with Crippen LogP contribution in [0.25, 0.3) is 5.57 Å². The molecule has 1 N–H and O–H groups in total. The van der Waals surface area contributed by atoms with Crippen LogP contribution in [-0.2, 0) is 9.59 Å². The summed E-state index contributed by atoms with van der Waals surface area (Å²) in [5.41, 5.74) is 2.94. The van der Waals surface area contributed by atoms with Gasteiger partial charge in [0.2, 0.25) is 5.91 Å². The number of aliphatic carboxylic acids is 1. The summed E-state index contributed by atoms with van der Waals surface area (Å²) < 4.78 is 0. The number of carbonyl (C=O) groups is 2. The Labute approximate surface area is 165 Å². The third-order valence-corrected chi connectivity index (χ3v) is 5.10. The number of para-hydroxylation sites is 1. The summed E-state index contributed by atoms with van der Waals surface area (Å²) in [5.74, 6) is -1.43. The van der Waals surface area contributed by atoms with E-state index >= 15 is 0 Å². The second-order valence-electron chi connectivity index (χ2n) is 7.82. The van der Waals surface area contributed by atoms with E-state index in [-0.39, 0.29) is 11.8 Å². The molecule has 5 nitrogen and oxygen atoms in total. The van der Waals surface area contributed by atoms with Crippen LogP contribution in [0.4, 0.5) is 5.69 Å². The fourth-order valence-electron chi connectivity index (χ4n) is 3.55. The Hall–Kier alpha value is -3.08. The molecule has 1 aliphatic rings. The van der Waals surface area contributed by atoms with Gasteiger partial charge in [-0.05, 0) is 32.4 Å². The van der Waals surface area contributed by atoms with Gasteiger partial charge in [0.15, 0.2) is 5.54 Å². The fraction of sp³-hybridized carbons (Fsp3) is 0.304. The molecule has 3 rings (SSSR count). The van der Waals surface area contributed by atoms with E-state index in [2.05, 4.69) is 0 Å². The summed E-state index contributed by atoms with van der Waals surface area (Å²) >= 11 is 0. The van der Waals surface area contributed by atoms with Crippen molar-refractivity contribution in [2.75, 3.05) is 5.01 Å². The van der Waals surface area contributed by atoms with Crippen molar-refractivity contribution in [1.82, 2.24) is 5.01 Å². The predicted octanol–water partition coefficient (Wildman–Crippen LogP) is 4.55. The summed E-state index contributed by atoms with van der Waals surface area (Å²) in [6.07, 6.45) is 0. The number of carboxylic acid groups (broad SMARTS) is 1. The topological polar surface area (TPSA) is 60.9 Å². The summed E-state index contributed by atoms with van der Waals surface area (Å²) in [7, 11) is 0. The molecule has 2 aromatic carbocycles. The summed E-state index contributed by atoms with van der Waals surface area (Å²) in [5, 5.41) is 13.1. The average molecular weight is 378 g/mol. The monoisotopic (exact) mass is 378 g/mol. The lowest BCUT2D eigenvalue weighted by atomic mass is 9.90. The van der Waals surface area contributed by atoms with Crippen LogP contribution in [0.2, 0.25) is 0 Å². The van der Waals surface area contributed by atoms with E-state index in [1.165, 1.54) is 0 Å². The molecule has 0 saturated carbocycles. The van der Waals surface area contributed by atoms with Gasteiger partial charge in [-0.25, -0.2) is 9.80 Å². The lowest BCUT2D eigenvalue weighted by molar-refractivity contribution is -0.145. The molecular weight excluding hydrogens is 352 g/mol. The van der Waals surface area contributed by atoms with Crippen LogP contribution >= 0.6 is 0 Å². The molecular formula is C23H26N2O3. The first-order valence-electron chi connectivity index (χ1n) is 9.41. The minimum absolute atomic E-state index is 0.144. The molecule has 0 spiro atoms. The number of carboxylic acids is 1. The molecule has 0 aromatic heterocycles. The van der Waals surface area contributed by atoms with Crippen LogP contribution in [0.3, 0.4) is 0 Å². The maximum Gasteiger partial charge on any atom is 0.331 e. The maximum atomic E-state index is 13.2. The third-order valence-electron chi connectivity index (χ3n) is 5.10. The van der Waals surface area contributed by atoms with E-state index < -0.39 is 11.5 Å². The molecule has 0 atom stereocenters. The number of rotatable bonds is 4.